The van der Waals surface area contributed by atoms with Crippen LogP contribution in [0.3, 0.4) is 0 Å². The number of halogens is 1. The summed E-state index contributed by atoms with van der Waals surface area (Å²) < 4.78 is 4.26. The second-order valence-electron chi connectivity index (χ2n) is 4.87. The van der Waals surface area contributed by atoms with Crippen molar-refractivity contribution in [1.29, 1.82) is 0 Å². The zero-order valence-electron chi connectivity index (χ0n) is 11.2. The van der Waals surface area contributed by atoms with Crippen molar-refractivity contribution in [3.8, 4) is 11.5 Å². The van der Waals surface area contributed by atoms with Crippen LogP contribution in [0.1, 0.15) is 18.5 Å². The summed E-state index contributed by atoms with van der Waals surface area (Å²) in [4.78, 5) is 13.1. The SMILES string of the molecule is C[C@H](c1ccc2nc(Br)sc2c1)n1cccc2ncnc1-2. The van der Waals surface area contributed by atoms with Crippen LogP contribution in [0.2, 0.25) is 0 Å². The minimum Gasteiger partial charge on any atom is -0.324 e. The maximum Gasteiger partial charge on any atom is 0.160 e. The smallest absolute Gasteiger partial charge is 0.160 e. The Balaban J connectivity index is 1.82. The van der Waals surface area contributed by atoms with Crippen molar-refractivity contribution in [3.05, 3.63) is 52.3 Å². The fraction of sp³-hybridized carbons (Fsp3) is 0.133. The Hall–Kier alpha value is -1.79. The summed E-state index contributed by atoms with van der Waals surface area (Å²) in [5.41, 5.74) is 3.18. The number of thiazole rings is 1. The molecule has 0 saturated heterocycles. The lowest BCUT2D eigenvalue weighted by molar-refractivity contribution is 0.634. The summed E-state index contributed by atoms with van der Waals surface area (Å²) in [5, 5.41) is 0. The van der Waals surface area contributed by atoms with Crippen LogP contribution in [0.5, 0.6) is 0 Å². The van der Waals surface area contributed by atoms with Crippen molar-refractivity contribution in [2.24, 2.45) is 0 Å². The molecule has 0 fully saturated rings. The third-order valence-electron chi connectivity index (χ3n) is 3.64. The molecule has 0 N–H and O–H groups in total. The van der Waals surface area contributed by atoms with Gasteiger partial charge in [0.25, 0.3) is 0 Å². The lowest BCUT2D eigenvalue weighted by Gasteiger charge is -2.19. The molecule has 4 rings (SSSR count). The Labute approximate surface area is 134 Å². The van der Waals surface area contributed by atoms with E-state index in [1.807, 2.05) is 12.1 Å². The highest BCUT2D eigenvalue weighted by atomic mass is 79.9. The van der Waals surface area contributed by atoms with Crippen molar-refractivity contribution >= 4 is 37.5 Å². The van der Waals surface area contributed by atoms with E-state index in [9.17, 15) is 0 Å². The molecule has 0 bridgehead atoms. The molecular weight excluding hydrogens is 348 g/mol. The molecule has 0 saturated carbocycles. The molecule has 3 heterocycles. The molecule has 104 valence electrons. The molecule has 1 atom stereocenters. The fourth-order valence-corrected chi connectivity index (χ4v) is 3.98. The van der Waals surface area contributed by atoms with Crippen LogP contribution >= 0.6 is 27.3 Å². The number of hydrogen-bond donors (Lipinski definition) is 0. The van der Waals surface area contributed by atoms with Gasteiger partial charge in [-0.25, -0.2) is 15.0 Å². The van der Waals surface area contributed by atoms with Crippen LogP contribution in [0.25, 0.3) is 21.7 Å². The number of nitrogens with zero attached hydrogens (tertiary/aromatic N) is 4. The van der Waals surface area contributed by atoms with E-state index < -0.39 is 0 Å². The molecule has 2 aliphatic rings. The summed E-state index contributed by atoms with van der Waals surface area (Å²) in [5.74, 6) is 0.913. The van der Waals surface area contributed by atoms with Gasteiger partial charge in [0.15, 0.2) is 9.74 Å². The maximum absolute atomic E-state index is 4.43. The molecule has 0 aliphatic carbocycles. The van der Waals surface area contributed by atoms with Crippen molar-refractivity contribution in [3.63, 3.8) is 0 Å². The van der Waals surface area contributed by atoms with Crippen molar-refractivity contribution in [2.45, 2.75) is 13.0 Å². The van der Waals surface area contributed by atoms with E-state index in [1.54, 1.807) is 17.7 Å². The largest absolute Gasteiger partial charge is 0.324 e. The summed E-state index contributed by atoms with van der Waals surface area (Å²) in [6.45, 7) is 2.17. The average molecular weight is 359 g/mol. The zero-order chi connectivity index (χ0) is 14.4. The van der Waals surface area contributed by atoms with Crippen LogP contribution < -0.4 is 0 Å². The number of imidazole rings is 1. The Kier molecular flexibility index (Phi) is 3.01. The van der Waals surface area contributed by atoms with E-state index in [-0.39, 0.29) is 6.04 Å². The zero-order valence-corrected chi connectivity index (χ0v) is 13.6. The molecule has 0 radical (unpaired) electrons. The number of fused-ring (bicyclic) bond motifs is 2. The van der Waals surface area contributed by atoms with Gasteiger partial charge in [-0.15, -0.1) is 11.3 Å². The van der Waals surface area contributed by atoms with E-state index in [4.69, 9.17) is 0 Å². The van der Waals surface area contributed by atoms with Crippen LogP contribution in [-0.2, 0) is 0 Å². The lowest BCUT2D eigenvalue weighted by atomic mass is 10.1. The first-order valence-electron chi connectivity index (χ1n) is 6.56. The van der Waals surface area contributed by atoms with Gasteiger partial charge < -0.3 is 4.57 Å². The molecule has 21 heavy (non-hydrogen) atoms. The number of benzene rings is 1. The van der Waals surface area contributed by atoms with Crippen molar-refractivity contribution < 1.29 is 0 Å². The Morgan fingerprint density at radius 1 is 1.24 bits per heavy atom. The van der Waals surface area contributed by atoms with Crippen molar-refractivity contribution in [1.82, 2.24) is 19.5 Å². The second kappa shape index (κ2) is 4.89. The van der Waals surface area contributed by atoms with E-state index >= 15 is 0 Å². The minimum absolute atomic E-state index is 0.190. The lowest BCUT2D eigenvalue weighted by Crippen LogP contribution is -2.10. The molecule has 1 aromatic carbocycles. The highest BCUT2D eigenvalue weighted by Crippen LogP contribution is 2.31. The standard InChI is InChI=1S/C15H11BrN4S/c1-9(20-6-2-3-12-14(20)18-8-17-12)10-4-5-11-13(7-10)21-15(16)19-11/h2-9H,1H3/t9-/m1/s1. The fourth-order valence-electron chi connectivity index (χ4n) is 2.53. The first kappa shape index (κ1) is 12.9. The van der Waals surface area contributed by atoms with Crippen LogP contribution in [-0.4, -0.2) is 19.5 Å². The second-order valence-corrected chi connectivity index (χ2v) is 7.17. The quantitative estimate of drug-likeness (QED) is 0.534. The van der Waals surface area contributed by atoms with E-state index in [1.165, 1.54) is 10.3 Å². The summed E-state index contributed by atoms with van der Waals surface area (Å²) >= 11 is 5.09. The van der Waals surface area contributed by atoms with Gasteiger partial charge in [0, 0.05) is 6.20 Å². The molecule has 1 aromatic heterocycles. The Bertz CT molecular complexity index is 898. The van der Waals surface area contributed by atoms with Crippen LogP contribution in [0.15, 0.2) is 46.8 Å². The van der Waals surface area contributed by atoms with Gasteiger partial charge in [0.2, 0.25) is 0 Å². The highest BCUT2D eigenvalue weighted by Gasteiger charge is 2.16. The number of pyridine rings is 1. The predicted octanol–water partition coefficient (Wildman–Crippen LogP) is 4.36. The van der Waals surface area contributed by atoms with Gasteiger partial charge in [-0.1, -0.05) is 6.07 Å². The first-order chi connectivity index (χ1) is 10.2. The van der Waals surface area contributed by atoms with E-state index in [0.717, 1.165) is 21.0 Å². The summed E-state index contributed by atoms with van der Waals surface area (Å²) in [6, 6.07) is 10.6. The molecule has 0 amide bonds. The van der Waals surface area contributed by atoms with Gasteiger partial charge >= 0.3 is 0 Å². The summed E-state index contributed by atoms with van der Waals surface area (Å²) in [7, 11) is 0. The monoisotopic (exact) mass is 358 g/mol. The van der Waals surface area contributed by atoms with Gasteiger partial charge in [0.05, 0.1) is 16.3 Å². The molecular formula is C15H11BrN4S. The Morgan fingerprint density at radius 2 is 2.14 bits per heavy atom. The normalized spacial score (nSPS) is 13.0. The molecule has 0 unspecified atom stereocenters. The predicted molar refractivity (Wildman–Crippen MR) is 87.8 cm³/mol. The van der Waals surface area contributed by atoms with Gasteiger partial charge in [0.1, 0.15) is 12.0 Å². The topological polar surface area (TPSA) is 43.6 Å². The molecule has 2 aromatic rings. The third-order valence-corrected chi connectivity index (χ3v) is 5.11. The Morgan fingerprint density at radius 3 is 3.05 bits per heavy atom. The number of aromatic nitrogens is 4. The van der Waals surface area contributed by atoms with E-state index in [0.29, 0.717) is 0 Å². The van der Waals surface area contributed by atoms with Gasteiger partial charge in [-0.3, -0.25) is 0 Å². The van der Waals surface area contributed by atoms with Crippen molar-refractivity contribution in [2.75, 3.05) is 0 Å². The first-order valence-corrected chi connectivity index (χ1v) is 8.17. The highest BCUT2D eigenvalue weighted by molar-refractivity contribution is 9.11. The van der Waals surface area contributed by atoms with Crippen LogP contribution in [0.4, 0.5) is 0 Å². The molecule has 6 heteroatoms. The van der Waals surface area contributed by atoms with Gasteiger partial charge in [-0.05, 0) is 52.7 Å². The average Bonchev–Trinajstić information content (AvgIpc) is 3.09. The molecule has 2 aliphatic heterocycles. The maximum atomic E-state index is 4.43. The van der Waals surface area contributed by atoms with Gasteiger partial charge in [-0.2, -0.15) is 0 Å². The third kappa shape index (κ3) is 2.15. The molecule has 0 spiro atoms. The number of hydrogen-bond acceptors (Lipinski definition) is 4. The number of rotatable bonds is 2. The van der Waals surface area contributed by atoms with Crippen LogP contribution in [0, 0.1) is 0 Å². The minimum atomic E-state index is 0.190. The van der Waals surface area contributed by atoms with E-state index in [2.05, 4.69) is 66.8 Å². The summed E-state index contributed by atoms with van der Waals surface area (Å²) in [6.07, 6.45) is 3.66. The molecule has 4 nitrogen and oxygen atoms in total.